The number of carbonyl (C=O) groups is 1. The molecule has 2 rings (SSSR count). The lowest BCUT2D eigenvalue weighted by atomic mass is 10.0. The first kappa shape index (κ1) is 16.2. The van der Waals surface area contributed by atoms with Crippen LogP contribution in [0.25, 0.3) is 0 Å². The van der Waals surface area contributed by atoms with Crippen LogP contribution in [0.5, 0.6) is 0 Å². The third kappa shape index (κ3) is 4.14. The van der Waals surface area contributed by atoms with Gasteiger partial charge in [0, 0.05) is 12.5 Å². The van der Waals surface area contributed by atoms with Gasteiger partial charge in [0.15, 0.2) is 0 Å². The van der Waals surface area contributed by atoms with Gasteiger partial charge in [0.1, 0.15) is 17.3 Å². The highest BCUT2D eigenvalue weighted by Gasteiger charge is 2.16. The normalized spacial score (nSPS) is 13.6. The average Bonchev–Trinajstić information content (AvgIpc) is 2.96. The summed E-state index contributed by atoms with van der Waals surface area (Å²) in [5.74, 6) is 0.151. The molecule has 0 saturated heterocycles. The van der Waals surface area contributed by atoms with E-state index in [1.165, 1.54) is 30.5 Å². The monoisotopic (exact) mass is 305 g/mol. The van der Waals surface area contributed by atoms with E-state index in [0.717, 1.165) is 12.2 Å². The Hall–Kier alpha value is -2.21. The number of aliphatic hydroxyl groups excluding tert-OH is 1. The van der Waals surface area contributed by atoms with Gasteiger partial charge in [-0.3, -0.25) is 4.79 Å². The summed E-state index contributed by atoms with van der Waals surface area (Å²) in [5, 5.41) is 12.9. The van der Waals surface area contributed by atoms with Crippen molar-refractivity contribution in [2.45, 2.75) is 38.8 Å². The van der Waals surface area contributed by atoms with Gasteiger partial charge in [-0.1, -0.05) is 19.1 Å². The highest BCUT2D eigenvalue weighted by atomic mass is 19.1. The van der Waals surface area contributed by atoms with Crippen LogP contribution < -0.4 is 5.32 Å². The quantitative estimate of drug-likeness (QED) is 0.766. The first-order chi connectivity index (χ1) is 10.5. The number of imidazole rings is 1. The van der Waals surface area contributed by atoms with E-state index in [2.05, 4.69) is 15.3 Å². The van der Waals surface area contributed by atoms with Crippen molar-refractivity contribution in [2.75, 3.05) is 0 Å². The van der Waals surface area contributed by atoms with E-state index in [1.807, 2.05) is 13.8 Å². The van der Waals surface area contributed by atoms with Crippen molar-refractivity contribution in [1.29, 1.82) is 0 Å². The van der Waals surface area contributed by atoms with Gasteiger partial charge < -0.3 is 15.4 Å². The molecule has 1 amide bonds. The molecular weight excluding hydrogens is 285 g/mol. The second-order valence-electron chi connectivity index (χ2n) is 5.27. The minimum atomic E-state index is -0.760. The molecule has 1 aromatic heterocycles. The van der Waals surface area contributed by atoms with Crippen LogP contribution in [0, 0.1) is 5.82 Å². The standard InChI is InChI=1S/C16H20FN3O2/c1-3-15-18-9-13(20-15)16(22)19-10(2)8-14(21)11-4-6-12(17)7-5-11/h4-7,9-10,14,21H,3,8H2,1-2H3,(H,18,20)(H,19,22). The highest BCUT2D eigenvalue weighted by Crippen LogP contribution is 2.18. The van der Waals surface area contributed by atoms with E-state index < -0.39 is 6.10 Å². The van der Waals surface area contributed by atoms with Crippen molar-refractivity contribution in [3.63, 3.8) is 0 Å². The van der Waals surface area contributed by atoms with Crippen molar-refractivity contribution in [2.24, 2.45) is 0 Å². The Morgan fingerprint density at radius 1 is 1.41 bits per heavy atom. The first-order valence-corrected chi connectivity index (χ1v) is 7.28. The molecule has 1 heterocycles. The van der Waals surface area contributed by atoms with Crippen molar-refractivity contribution >= 4 is 5.91 Å². The molecule has 0 aliphatic rings. The lowest BCUT2D eigenvalue weighted by Crippen LogP contribution is -2.34. The number of hydrogen-bond acceptors (Lipinski definition) is 3. The number of carbonyl (C=O) groups excluding carboxylic acids is 1. The number of rotatable bonds is 6. The molecule has 0 spiro atoms. The number of aromatic nitrogens is 2. The molecule has 0 saturated carbocycles. The van der Waals surface area contributed by atoms with Gasteiger partial charge >= 0.3 is 0 Å². The summed E-state index contributed by atoms with van der Waals surface area (Å²) in [6, 6.07) is 5.45. The number of hydrogen-bond donors (Lipinski definition) is 3. The summed E-state index contributed by atoms with van der Waals surface area (Å²) < 4.78 is 12.9. The number of aliphatic hydroxyl groups is 1. The third-order valence-corrected chi connectivity index (χ3v) is 3.42. The largest absolute Gasteiger partial charge is 0.388 e. The molecule has 1 aromatic carbocycles. The number of amides is 1. The van der Waals surface area contributed by atoms with Gasteiger partial charge in [0.25, 0.3) is 5.91 Å². The van der Waals surface area contributed by atoms with Crippen molar-refractivity contribution < 1.29 is 14.3 Å². The molecule has 0 bridgehead atoms. The predicted molar refractivity (Wildman–Crippen MR) is 80.9 cm³/mol. The summed E-state index contributed by atoms with van der Waals surface area (Å²) in [7, 11) is 0. The average molecular weight is 305 g/mol. The Bertz CT molecular complexity index is 625. The molecule has 22 heavy (non-hydrogen) atoms. The van der Waals surface area contributed by atoms with Crippen LogP contribution in [0.4, 0.5) is 4.39 Å². The van der Waals surface area contributed by atoms with Crippen LogP contribution >= 0.6 is 0 Å². The molecular formula is C16H20FN3O2. The zero-order valence-corrected chi connectivity index (χ0v) is 12.6. The van der Waals surface area contributed by atoms with Crippen LogP contribution in [0.1, 0.15) is 48.2 Å². The fourth-order valence-corrected chi connectivity index (χ4v) is 2.17. The van der Waals surface area contributed by atoms with E-state index >= 15 is 0 Å². The number of nitrogens with one attached hydrogen (secondary N) is 2. The van der Waals surface area contributed by atoms with E-state index in [-0.39, 0.29) is 17.8 Å². The summed E-state index contributed by atoms with van der Waals surface area (Å²) in [6.45, 7) is 3.75. The Kier molecular flexibility index (Phi) is 5.27. The zero-order valence-electron chi connectivity index (χ0n) is 12.6. The number of halogens is 1. The number of aromatic amines is 1. The smallest absolute Gasteiger partial charge is 0.269 e. The molecule has 6 heteroatoms. The van der Waals surface area contributed by atoms with Crippen molar-refractivity contribution in [3.05, 3.63) is 53.4 Å². The topological polar surface area (TPSA) is 78.0 Å². The van der Waals surface area contributed by atoms with E-state index in [0.29, 0.717) is 17.7 Å². The zero-order chi connectivity index (χ0) is 16.1. The van der Waals surface area contributed by atoms with Crippen LogP contribution in [-0.4, -0.2) is 27.0 Å². The van der Waals surface area contributed by atoms with Gasteiger partial charge in [0.05, 0.1) is 12.3 Å². The van der Waals surface area contributed by atoms with Crippen LogP contribution in [0.15, 0.2) is 30.5 Å². The molecule has 2 atom stereocenters. The maximum Gasteiger partial charge on any atom is 0.269 e. The molecule has 2 aromatic rings. The van der Waals surface area contributed by atoms with Crippen molar-refractivity contribution in [3.8, 4) is 0 Å². The van der Waals surface area contributed by atoms with Gasteiger partial charge in [-0.05, 0) is 31.0 Å². The summed E-state index contributed by atoms with van der Waals surface area (Å²) >= 11 is 0. The second kappa shape index (κ2) is 7.17. The fraction of sp³-hybridized carbons (Fsp3) is 0.375. The lowest BCUT2D eigenvalue weighted by molar-refractivity contribution is 0.0912. The molecule has 5 nitrogen and oxygen atoms in total. The highest BCUT2D eigenvalue weighted by molar-refractivity contribution is 5.92. The molecule has 0 aliphatic heterocycles. The molecule has 3 N–H and O–H groups in total. The lowest BCUT2D eigenvalue weighted by Gasteiger charge is -2.18. The molecule has 2 unspecified atom stereocenters. The summed E-state index contributed by atoms with van der Waals surface area (Å²) in [6.07, 6.45) is 1.80. The molecule has 118 valence electrons. The number of H-pyrrole nitrogens is 1. The Morgan fingerprint density at radius 2 is 2.09 bits per heavy atom. The maximum atomic E-state index is 12.9. The number of aryl methyl sites for hydroxylation is 1. The van der Waals surface area contributed by atoms with E-state index in [9.17, 15) is 14.3 Å². The third-order valence-electron chi connectivity index (χ3n) is 3.42. The minimum Gasteiger partial charge on any atom is -0.388 e. The van der Waals surface area contributed by atoms with Crippen LogP contribution in [0.2, 0.25) is 0 Å². The van der Waals surface area contributed by atoms with Gasteiger partial charge in [0.2, 0.25) is 0 Å². The minimum absolute atomic E-state index is 0.235. The number of nitrogens with zero attached hydrogens (tertiary/aromatic N) is 1. The van der Waals surface area contributed by atoms with E-state index in [4.69, 9.17) is 0 Å². The van der Waals surface area contributed by atoms with Gasteiger partial charge in [-0.25, -0.2) is 9.37 Å². The van der Waals surface area contributed by atoms with Crippen LogP contribution in [0.3, 0.4) is 0 Å². The van der Waals surface area contributed by atoms with Gasteiger partial charge in [-0.15, -0.1) is 0 Å². The first-order valence-electron chi connectivity index (χ1n) is 7.28. The van der Waals surface area contributed by atoms with Crippen LogP contribution in [-0.2, 0) is 6.42 Å². The van der Waals surface area contributed by atoms with E-state index in [1.54, 1.807) is 0 Å². The Morgan fingerprint density at radius 3 is 2.68 bits per heavy atom. The number of benzene rings is 1. The van der Waals surface area contributed by atoms with Gasteiger partial charge in [-0.2, -0.15) is 0 Å². The molecule has 0 aliphatic carbocycles. The molecule has 0 fully saturated rings. The summed E-state index contributed by atoms with van der Waals surface area (Å²) in [4.78, 5) is 19.0. The van der Waals surface area contributed by atoms with Crippen molar-refractivity contribution in [1.82, 2.24) is 15.3 Å². The Labute approximate surface area is 128 Å². The fourth-order valence-electron chi connectivity index (χ4n) is 2.17. The Balaban J connectivity index is 1.90. The second-order valence-corrected chi connectivity index (χ2v) is 5.27. The maximum absolute atomic E-state index is 12.9. The summed E-state index contributed by atoms with van der Waals surface area (Å²) in [5.41, 5.74) is 1.03. The SMILES string of the molecule is CCc1ncc(C(=O)NC(C)CC(O)c2ccc(F)cc2)[nH]1. The predicted octanol–water partition coefficient (Wildman–Crippen LogP) is 2.35. The molecule has 0 radical (unpaired) electrons.